The van der Waals surface area contributed by atoms with Crippen LogP contribution in [0.1, 0.15) is 25.3 Å². The maximum atomic E-state index is 10.7. The third-order valence-corrected chi connectivity index (χ3v) is 2.62. The molecular weight excluding hydrogens is 216 g/mol. The van der Waals surface area contributed by atoms with Crippen LogP contribution in [-0.4, -0.2) is 11.0 Å². The van der Waals surface area contributed by atoms with Crippen molar-refractivity contribution in [3.8, 4) is 12.3 Å². The summed E-state index contributed by atoms with van der Waals surface area (Å²) in [5.41, 5.74) is 1.66. The third kappa shape index (κ3) is 3.49. The van der Waals surface area contributed by atoms with Crippen LogP contribution in [0, 0.1) is 29.4 Å². The van der Waals surface area contributed by atoms with Crippen LogP contribution in [0.4, 0.5) is 11.4 Å². The quantitative estimate of drug-likeness (QED) is 0.482. The van der Waals surface area contributed by atoms with Crippen molar-refractivity contribution in [3.63, 3.8) is 0 Å². The Hall–Kier alpha value is -2.02. The highest BCUT2D eigenvalue weighted by Gasteiger charge is 2.11. The first-order chi connectivity index (χ1) is 8.08. The number of hydrogen-bond acceptors (Lipinski definition) is 3. The summed E-state index contributed by atoms with van der Waals surface area (Å²) in [6, 6.07) is 5.21. The minimum absolute atomic E-state index is 0.139. The molecule has 0 fully saturated rings. The van der Waals surface area contributed by atoms with Crippen LogP contribution in [0.5, 0.6) is 0 Å². The highest BCUT2D eigenvalue weighted by molar-refractivity contribution is 5.54. The number of nitrogens with zero attached hydrogens (tertiary/aromatic N) is 1. The second kappa shape index (κ2) is 5.90. The van der Waals surface area contributed by atoms with Gasteiger partial charge in [0.2, 0.25) is 0 Å². The van der Waals surface area contributed by atoms with E-state index in [0.29, 0.717) is 12.0 Å². The van der Waals surface area contributed by atoms with Crippen LogP contribution >= 0.6 is 0 Å². The lowest BCUT2D eigenvalue weighted by Gasteiger charge is -2.15. The van der Waals surface area contributed by atoms with Crippen molar-refractivity contribution in [1.82, 2.24) is 0 Å². The molecule has 90 valence electrons. The Morgan fingerprint density at radius 1 is 1.59 bits per heavy atom. The van der Waals surface area contributed by atoms with Crippen LogP contribution in [0.15, 0.2) is 18.2 Å². The fourth-order valence-electron chi connectivity index (χ4n) is 1.63. The minimum atomic E-state index is -0.377. The van der Waals surface area contributed by atoms with E-state index in [1.807, 2.05) is 6.92 Å². The summed E-state index contributed by atoms with van der Waals surface area (Å²) in [7, 11) is 0. The SMILES string of the molecule is C#CCC(CC)Nc1ccc([N+](=O)[O-])c(C)c1. The monoisotopic (exact) mass is 232 g/mol. The standard InChI is InChI=1S/C13H16N2O2/c1-4-6-11(5-2)14-12-7-8-13(15(16)17)10(3)9-12/h1,7-9,11,14H,5-6H2,2-3H3. The maximum Gasteiger partial charge on any atom is 0.272 e. The van der Waals surface area contributed by atoms with Gasteiger partial charge in [-0.05, 0) is 25.5 Å². The number of nitrogens with one attached hydrogen (secondary N) is 1. The molecule has 0 amide bonds. The summed E-state index contributed by atoms with van der Waals surface area (Å²) < 4.78 is 0. The van der Waals surface area contributed by atoms with Gasteiger partial charge in [-0.25, -0.2) is 0 Å². The molecule has 0 aliphatic carbocycles. The van der Waals surface area contributed by atoms with E-state index >= 15 is 0 Å². The highest BCUT2D eigenvalue weighted by Crippen LogP contribution is 2.22. The Kier molecular flexibility index (Phi) is 4.53. The predicted molar refractivity (Wildman–Crippen MR) is 69.0 cm³/mol. The Bertz CT molecular complexity index is 449. The Morgan fingerprint density at radius 3 is 2.76 bits per heavy atom. The van der Waals surface area contributed by atoms with Gasteiger partial charge in [-0.1, -0.05) is 6.92 Å². The van der Waals surface area contributed by atoms with Crippen molar-refractivity contribution < 1.29 is 4.92 Å². The second-order valence-electron chi connectivity index (χ2n) is 3.92. The van der Waals surface area contributed by atoms with Crippen molar-refractivity contribution in [2.45, 2.75) is 32.7 Å². The number of nitro groups is 1. The molecule has 4 heteroatoms. The maximum absolute atomic E-state index is 10.7. The summed E-state index contributed by atoms with van der Waals surface area (Å²) in [6.45, 7) is 3.78. The number of hydrogen-bond donors (Lipinski definition) is 1. The van der Waals surface area contributed by atoms with Crippen LogP contribution in [0.25, 0.3) is 0 Å². The lowest BCUT2D eigenvalue weighted by molar-refractivity contribution is -0.385. The normalized spacial score (nSPS) is 11.6. The van der Waals surface area contributed by atoms with E-state index in [2.05, 4.69) is 11.2 Å². The lowest BCUT2D eigenvalue weighted by Crippen LogP contribution is -2.17. The van der Waals surface area contributed by atoms with E-state index < -0.39 is 0 Å². The van der Waals surface area contributed by atoms with Crippen molar-refractivity contribution >= 4 is 11.4 Å². The van der Waals surface area contributed by atoms with E-state index in [0.717, 1.165) is 12.1 Å². The zero-order valence-electron chi connectivity index (χ0n) is 10.1. The molecule has 0 spiro atoms. The molecule has 1 unspecified atom stereocenters. The fourth-order valence-corrected chi connectivity index (χ4v) is 1.63. The smallest absolute Gasteiger partial charge is 0.272 e. The highest BCUT2D eigenvalue weighted by atomic mass is 16.6. The van der Waals surface area contributed by atoms with Crippen LogP contribution in [-0.2, 0) is 0 Å². The van der Waals surface area contributed by atoms with E-state index in [9.17, 15) is 10.1 Å². The average Bonchev–Trinajstić information content (AvgIpc) is 2.28. The molecule has 4 nitrogen and oxygen atoms in total. The molecule has 1 N–H and O–H groups in total. The first-order valence-corrected chi connectivity index (χ1v) is 5.53. The van der Waals surface area contributed by atoms with Crippen LogP contribution in [0.3, 0.4) is 0 Å². The predicted octanol–water partition coefficient (Wildman–Crippen LogP) is 3.12. The summed E-state index contributed by atoms with van der Waals surface area (Å²) in [5.74, 6) is 2.61. The van der Waals surface area contributed by atoms with Gasteiger partial charge in [0.1, 0.15) is 0 Å². The van der Waals surface area contributed by atoms with Gasteiger partial charge in [0, 0.05) is 29.8 Å². The molecular formula is C13H16N2O2. The van der Waals surface area contributed by atoms with Gasteiger partial charge in [0.15, 0.2) is 0 Å². The molecule has 1 aromatic rings. The molecule has 1 rings (SSSR count). The molecule has 17 heavy (non-hydrogen) atoms. The molecule has 1 atom stereocenters. The average molecular weight is 232 g/mol. The number of nitro benzene ring substituents is 1. The molecule has 0 aliphatic rings. The first kappa shape index (κ1) is 13.0. The molecule has 0 saturated carbocycles. The van der Waals surface area contributed by atoms with Gasteiger partial charge in [-0.15, -0.1) is 12.3 Å². The van der Waals surface area contributed by atoms with Crippen molar-refractivity contribution in [2.75, 3.05) is 5.32 Å². The zero-order chi connectivity index (χ0) is 12.8. The summed E-state index contributed by atoms with van der Waals surface area (Å²) in [5, 5.41) is 13.9. The molecule has 0 radical (unpaired) electrons. The van der Waals surface area contributed by atoms with Crippen molar-refractivity contribution in [3.05, 3.63) is 33.9 Å². The zero-order valence-corrected chi connectivity index (χ0v) is 10.1. The van der Waals surface area contributed by atoms with Gasteiger partial charge >= 0.3 is 0 Å². The molecule has 0 bridgehead atoms. The van der Waals surface area contributed by atoms with E-state index in [1.165, 1.54) is 6.07 Å². The third-order valence-electron chi connectivity index (χ3n) is 2.62. The van der Waals surface area contributed by atoms with Crippen LogP contribution < -0.4 is 5.32 Å². The summed E-state index contributed by atoms with van der Waals surface area (Å²) in [6.07, 6.45) is 6.84. The van der Waals surface area contributed by atoms with Gasteiger partial charge in [-0.3, -0.25) is 10.1 Å². The van der Waals surface area contributed by atoms with Crippen LogP contribution in [0.2, 0.25) is 0 Å². The number of benzene rings is 1. The number of anilines is 1. The molecule has 0 saturated heterocycles. The second-order valence-corrected chi connectivity index (χ2v) is 3.92. The van der Waals surface area contributed by atoms with Gasteiger partial charge < -0.3 is 5.32 Å². The van der Waals surface area contributed by atoms with E-state index in [4.69, 9.17) is 6.42 Å². The van der Waals surface area contributed by atoms with Crippen molar-refractivity contribution in [2.24, 2.45) is 0 Å². The number of terminal acetylenes is 1. The van der Waals surface area contributed by atoms with Gasteiger partial charge in [-0.2, -0.15) is 0 Å². The van der Waals surface area contributed by atoms with Crippen molar-refractivity contribution in [1.29, 1.82) is 0 Å². The minimum Gasteiger partial charge on any atom is -0.381 e. The lowest BCUT2D eigenvalue weighted by atomic mass is 10.1. The Morgan fingerprint density at radius 2 is 2.29 bits per heavy atom. The fraction of sp³-hybridized carbons (Fsp3) is 0.385. The summed E-state index contributed by atoms with van der Waals surface area (Å²) >= 11 is 0. The molecule has 1 aromatic carbocycles. The number of aryl methyl sites for hydroxylation is 1. The largest absolute Gasteiger partial charge is 0.381 e. The Balaban J connectivity index is 2.84. The first-order valence-electron chi connectivity index (χ1n) is 5.53. The van der Waals surface area contributed by atoms with Gasteiger partial charge in [0.05, 0.1) is 4.92 Å². The van der Waals surface area contributed by atoms with E-state index in [-0.39, 0.29) is 16.7 Å². The topological polar surface area (TPSA) is 55.2 Å². The van der Waals surface area contributed by atoms with E-state index in [1.54, 1.807) is 19.1 Å². The summed E-state index contributed by atoms with van der Waals surface area (Å²) in [4.78, 5) is 10.3. The molecule has 0 heterocycles. The van der Waals surface area contributed by atoms with Gasteiger partial charge in [0.25, 0.3) is 5.69 Å². The Labute approximate surface area is 101 Å². The number of rotatable bonds is 5. The molecule has 0 aromatic heterocycles. The molecule has 0 aliphatic heterocycles.